The van der Waals surface area contributed by atoms with E-state index in [1.54, 1.807) is 0 Å². The predicted octanol–water partition coefficient (Wildman–Crippen LogP) is 0.593. The molecule has 23 heavy (non-hydrogen) atoms. The van der Waals surface area contributed by atoms with Gasteiger partial charge in [-0.3, -0.25) is 9.59 Å². The van der Waals surface area contributed by atoms with Crippen LogP contribution in [0.25, 0.3) is 10.9 Å². The minimum absolute atomic E-state index is 0.0364. The molecular formula is C15H13FN2O5. The molecule has 0 bridgehead atoms. The van der Waals surface area contributed by atoms with Crippen molar-refractivity contribution in [3.8, 4) is 0 Å². The van der Waals surface area contributed by atoms with E-state index < -0.39 is 29.4 Å². The number of aromatic nitrogens is 1. The SMILES string of the molecule is O=C(O)[C@H]1CN(C(=O)c2cc(=O)[nH]c3ccc(F)cc23)CCO1. The van der Waals surface area contributed by atoms with Gasteiger partial charge in [0.1, 0.15) is 5.82 Å². The number of ether oxygens (including phenoxy) is 1. The zero-order valence-electron chi connectivity index (χ0n) is 11.9. The highest BCUT2D eigenvalue weighted by Crippen LogP contribution is 2.19. The van der Waals surface area contributed by atoms with E-state index in [-0.39, 0.29) is 30.6 Å². The second-order valence-electron chi connectivity index (χ2n) is 5.19. The van der Waals surface area contributed by atoms with E-state index in [4.69, 9.17) is 9.84 Å². The summed E-state index contributed by atoms with van der Waals surface area (Å²) in [6.45, 7) is 0.155. The van der Waals surface area contributed by atoms with Crippen molar-refractivity contribution in [2.24, 2.45) is 0 Å². The third-order valence-corrected chi connectivity index (χ3v) is 3.66. The molecule has 2 aromatic rings. The van der Waals surface area contributed by atoms with Crippen molar-refractivity contribution >= 4 is 22.8 Å². The van der Waals surface area contributed by atoms with Crippen LogP contribution in [-0.2, 0) is 9.53 Å². The first-order chi connectivity index (χ1) is 11.0. The molecule has 1 amide bonds. The van der Waals surface area contributed by atoms with Gasteiger partial charge in [0.05, 0.1) is 18.7 Å². The number of halogens is 1. The van der Waals surface area contributed by atoms with E-state index in [2.05, 4.69) is 4.98 Å². The Bertz CT molecular complexity index is 847. The lowest BCUT2D eigenvalue weighted by molar-refractivity contribution is -0.154. The molecule has 1 aromatic heterocycles. The number of hydrogen-bond donors (Lipinski definition) is 2. The molecule has 0 unspecified atom stereocenters. The fourth-order valence-corrected chi connectivity index (χ4v) is 2.56. The van der Waals surface area contributed by atoms with Gasteiger partial charge in [0.15, 0.2) is 6.10 Å². The lowest BCUT2D eigenvalue weighted by Gasteiger charge is -2.31. The van der Waals surface area contributed by atoms with Gasteiger partial charge < -0.3 is 19.7 Å². The van der Waals surface area contributed by atoms with Crippen molar-refractivity contribution in [2.75, 3.05) is 19.7 Å². The summed E-state index contributed by atoms with van der Waals surface area (Å²) in [7, 11) is 0. The number of fused-ring (bicyclic) bond motifs is 1. The average molecular weight is 320 g/mol. The zero-order chi connectivity index (χ0) is 16.6. The summed E-state index contributed by atoms with van der Waals surface area (Å²) in [5, 5.41) is 9.26. The van der Waals surface area contributed by atoms with Gasteiger partial charge in [-0.25, -0.2) is 9.18 Å². The fraction of sp³-hybridized carbons (Fsp3) is 0.267. The quantitative estimate of drug-likeness (QED) is 0.844. The summed E-state index contributed by atoms with van der Waals surface area (Å²) >= 11 is 0. The Morgan fingerprint density at radius 3 is 2.87 bits per heavy atom. The summed E-state index contributed by atoms with van der Waals surface area (Å²) in [5.74, 6) is -2.23. The maximum atomic E-state index is 13.5. The molecule has 0 aliphatic carbocycles. The van der Waals surface area contributed by atoms with Gasteiger partial charge in [-0.2, -0.15) is 0 Å². The van der Waals surface area contributed by atoms with Crippen LogP contribution in [0.15, 0.2) is 29.1 Å². The number of carboxylic acids is 1. The second kappa shape index (κ2) is 5.81. The van der Waals surface area contributed by atoms with Crippen LogP contribution in [0.4, 0.5) is 4.39 Å². The molecule has 7 nitrogen and oxygen atoms in total. The Kier molecular flexibility index (Phi) is 3.83. The molecule has 2 heterocycles. The third kappa shape index (κ3) is 2.93. The number of nitrogens with one attached hydrogen (secondary N) is 1. The van der Waals surface area contributed by atoms with Crippen LogP contribution in [0.5, 0.6) is 0 Å². The number of nitrogens with zero attached hydrogens (tertiary/aromatic N) is 1. The average Bonchev–Trinajstić information content (AvgIpc) is 2.54. The lowest BCUT2D eigenvalue weighted by Crippen LogP contribution is -2.48. The molecule has 1 saturated heterocycles. The van der Waals surface area contributed by atoms with E-state index >= 15 is 0 Å². The molecule has 1 aromatic carbocycles. The molecule has 1 aliphatic heterocycles. The predicted molar refractivity (Wildman–Crippen MR) is 77.8 cm³/mol. The zero-order valence-corrected chi connectivity index (χ0v) is 11.9. The number of carbonyl (C=O) groups is 2. The first kappa shape index (κ1) is 15.2. The highest BCUT2D eigenvalue weighted by atomic mass is 19.1. The molecule has 0 saturated carbocycles. The first-order valence-electron chi connectivity index (χ1n) is 6.92. The van der Waals surface area contributed by atoms with Crippen molar-refractivity contribution in [1.82, 2.24) is 9.88 Å². The first-order valence-corrected chi connectivity index (χ1v) is 6.92. The maximum absolute atomic E-state index is 13.5. The largest absolute Gasteiger partial charge is 0.479 e. The third-order valence-electron chi connectivity index (χ3n) is 3.66. The number of aromatic amines is 1. The van der Waals surface area contributed by atoms with Crippen molar-refractivity contribution in [3.63, 3.8) is 0 Å². The number of H-pyrrole nitrogens is 1. The number of benzene rings is 1. The van der Waals surface area contributed by atoms with Crippen LogP contribution >= 0.6 is 0 Å². The van der Waals surface area contributed by atoms with Gasteiger partial charge in [0.25, 0.3) is 5.91 Å². The summed E-state index contributed by atoms with van der Waals surface area (Å²) in [4.78, 5) is 39.2. The monoisotopic (exact) mass is 320 g/mol. The molecule has 8 heteroatoms. The van der Waals surface area contributed by atoms with Crippen molar-refractivity contribution < 1.29 is 23.8 Å². The van der Waals surface area contributed by atoms with Crippen molar-refractivity contribution in [1.29, 1.82) is 0 Å². The van der Waals surface area contributed by atoms with Gasteiger partial charge in [-0.1, -0.05) is 0 Å². The van der Waals surface area contributed by atoms with Gasteiger partial charge in [-0.05, 0) is 18.2 Å². The number of carbonyl (C=O) groups excluding carboxylic acids is 1. The number of carboxylic acid groups (broad SMARTS) is 1. The molecule has 1 aliphatic rings. The highest BCUT2D eigenvalue weighted by Gasteiger charge is 2.30. The van der Waals surface area contributed by atoms with Crippen LogP contribution in [0.2, 0.25) is 0 Å². The molecule has 2 N–H and O–H groups in total. The Labute approximate surface area is 129 Å². The molecule has 0 spiro atoms. The standard InChI is InChI=1S/C15H13FN2O5/c16-8-1-2-11-9(5-8)10(6-13(19)17-11)14(20)18-3-4-23-12(7-18)15(21)22/h1-2,5-6,12H,3-4,7H2,(H,17,19)(H,21,22)/t12-/m1/s1. The minimum Gasteiger partial charge on any atom is -0.479 e. The van der Waals surface area contributed by atoms with E-state index in [0.29, 0.717) is 5.52 Å². The number of morpholine rings is 1. The molecule has 0 radical (unpaired) electrons. The summed E-state index contributed by atoms with van der Waals surface area (Å²) in [6.07, 6.45) is -1.11. The molecule has 1 fully saturated rings. The van der Waals surface area contributed by atoms with Gasteiger partial charge in [-0.15, -0.1) is 0 Å². The van der Waals surface area contributed by atoms with E-state index in [0.717, 1.165) is 12.1 Å². The van der Waals surface area contributed by atoms with Crippen molar-refractivity contribution in [3.05, 3.63) is 46.0 Å². The smallest absolute Gasteiger partial charge is 0.334 e. The Morgan fingerprint density at radius 1 is 1.35 bits per heavy atom. The van der Waals surface area contributed by atoms with Crippen LogP contribution in [0.3, 0.4) is 0 Å². The van der Waals surface area contributed by atoms with Crippen LogP contribution in [0.1, 0.15) is 10.4 Å². The van der Waals surface area contributed by atoms with Crippen LogP contribution < -0.4 is 5.56 Å². The molecule has 3 rings (SSSR count). The van der Waals surface area contributed by atoms with E-state index in [1.807, 2.05) is 0 Å². The molecule has 120 valence electrons. The summed E-state index contributed by atoms with van der Waals surface area (Å²) in [5.41, 5.74) is -0.116. The van der Waals surface area contributed by atoms with E-state index in [9.17, 15) is 18.8 Å². The van der Waals surface area contributed by atoms with Crippen molar-refractivity contribution in [2.45, 2.75) is 6.10 Å². The van der Waals surface area contributed by atoms with Crippen LogP contribution in [0, 0.1) is 5.82 Å². The Hall–Kier alpha value is -2.74. The number of rotatable bonds is 2. The normalized spacial score (nSPS) is 18.1. The minimum atomic E-state index is -1.16. The number of aliphatic carboxylic acids is 1. The Balaban J connectivity index is 2.02. The summed E-state index contributed by atoms with van der Waals surface area (Å²) in [6, 6.07) is 4.81. The van der Waals surface area contributed by atoms with Gasteiger partial charge in [0.2, 0.25) is 5.56 Å². The Morgan fingerprint density at radius 2 is 2.13 bits per heavy atom. The topological polar surface area (TPSA) is 99.7 Å². The van der Waals surface area contributed by atoms with Gasteiger partial charge >= 0.3 is 5.97 Å². The van der Waals surface area contributed by atoms with E-state index in [1.165, 1.54) is 17.0 Å². The summed E-state index contributed by atoms with van der Waals surface area (Å²) < 4.78 is 18.5. The van der Waals surface area contributed by atoms with Crippen LogP contribution in [-0.4, -0.2) is 52.7 Å². The lowest BCUT2D eigenvalue weighted by atomic mass is 10.1. The molecule has 1 atom stereocenters. The fourth-order valence-electron chi connectivity index (χ4n) is 2.56. The second-order valence-corrected chi connectivity index (χ2v) is 5.19. The van der Waals surface area contributed by atoms with Gasteiger partial charge in [0, 0.05) is 23.5 Å². The number of pyridine rings is 1. The maximum Gasteiger partial charge on any atom is 0.334 e. The molecular weight excluding hydrogens is 307 g/mol. The number of hydrogen-bond acceptors (Lipinski definition) is 4. The number of amides is 1. The highest BCUT2D eigenvalue weighted by molar-refractivity contribution is 6.06.